The molecule has 2 atom stereocenters. The van der Waals surface area contributed by atoms with Crippen LogP contribution in [0.5, 0.6) is 0 Å². The van der Waals surface area contributed by atoms with Crippen LogP contribution in [0.25, 0.3) is 11.1 Å². The maximum absolute atomic E-state index is 13.6. The standard InChI is InChI=1S/C25H26FN3O4/c26-14-11-19(23(28)21(27)12-14)24(31)22(30)9-10-29-25(32)33-13-20-17-7-3-1-5-15(17)16-6-2-4-8-18(16)20/h1-8,11-12,20,22,24,30-31H,9-10,13,27-28H2,(H,29,32). The van der Waals surface area contributed by atoms with Crippen LogP contribution in [-0.2, 0) is 4.74 Å². The van der Waals surface area contributed by atoms with Crippen molar-refractivity contribution in [3.63, 3.8) is 0 Å². The Bertz CT molecular complexity index is 1120. The lowest BCUT2D eigenvalue weighted by atomic mass is 9.98. The second-order valence-electron chi connectivity index (χ2n) is 8.05. The summed E-state index contributed by atoms with van der Waals surface area (Å²) in [5.74, 6) is -0.725. The van der Waals surface area contributed by atoms with E-state index < -0.39 is 24.1 Å². The molecule has 0 saturated heterocycles. The molecule has 0 spiro atoms. The topological polar surface area (TPSA) is 131 Å². The van der Waals surface area contributed by atoms with Gasteiger partial charge in [0.25, 0.3) is 0 Å². The van der Waals surface area contributed by atoms with E-state index in [2.05, 4.69) is 17.4 Å². The molecule has 1 amide bonds. The molecule has 33 heavy (non-hydrogen) atoms. The number of halogens is 1. The van der Waals surface area contributed by atoms with Gasteiger partial charge in [-0.05, 0) is 40.8 Å². The number of nitrogens with two attached hydrogens (primary N) is 2. The number of anilines is 2. The minimum atomic E-state index is -1.45. The highest BCUT2D eigenvalue weighted by Crippen LogP contribution is 2.44. The van der Waals surface area contributed by atoms with E-state index in [4.69, 9.17) is 16.2 Å². The minimum absolute atomic E-state index is 0.00106. The zero-order valence-electron chi connectivity index (χ0n) is 17.9. The molecule has 3 aromatic rings. The van der Waals surface area contributed by atoms with Crippen molar-refractivity contribution in [2.45, 2.75) is 24.5 Å². The average molecular weight is 451 g/mol. The maximum Gasteiger partial charge on any atom is 0.407 e. The quantitative estimate of drug-likeness (QED) is 0.350. The van der Waals surface area contributed by atoms with E-state index in [9.17, 15) is 19.4 Å². The van der Waals surface area contributed by atoms with E-state index in [1.165, 1.54) is 0 Å². The van der Waals surface area contributed by atoms with Crippen molar-refractivity contribution >= 4 is 17.5 Å². The van der Waals surface area contributed by atoms with Crippen LogP contribution in [0.2, 0.25) is 0 Å². The van der Waals surface area contributed by atoms with Gasteiger partial charge in [-0.1, -0.05) is 48.5 Å². The summed E-state index contributed by atoms with van der Waals surface area (Å²) < 4.78 is 19.0. The third-order valence-electron chi connectivity index (χ3n) is 5.95. The van der Waals surface area contributed by atoms with Crippen LogP contribution in [0, 0.1) is 5.82 Å². The maximum atomic E-state index is 13.6. The molecule has 1 aliphatic rings. The number of nitrogens with one attached hydrogen (secondary N) is 1. The molecule has 172 valence electrons. The Labute approximate surface area is 190 Å². The Kier molecular flexibility index (Phi) is 6.48. The summed E-state index contributed by atoms with van der Waals surface area (Å²) >= 11 is 0. The predicted molar refractivity (Wildman–Crippen MR) is 124 cm³/mol. The monoisotopic (exact) mass is 451 g/mol. The van der Waals surface area contributed by atoms with Crippen LogP contribution in [0.4, 0.5) is 20.6 Å². The van der Waals surface area contributed by atoms with Crippen LogP contribution in [0.3, 0.4) is 0 Å². The summed E-state index contributed by atoms with van der Waals surface area (Å²) in [6.45, 7) is 0.212. The van der Waals surface area contributed by atoms with Gasteiger partial charge in [0.05, 0.1) is 17.5 Å². The molecule has 2 unspecified atom stereocenters. The van der Waals surface area contributed by atoms with E-state index in [1.54, 1.807) is 0 Å². The summed E-state index contributed by atoms with van der Waals surface area (Å²) in [6, 6.07) is 18.1. The molecular formula is C25H26FN3O4. The van der Waals surface area contributed by atoms with Gasteiger partial charge < -0.3 is 31.7 Å². The van der Waals surface area contributed by atoms with Crippen molar-refractivity contribution in [2.24, 2.45) is 0 Å². The van der Waals surface area contributed by atoms with Crippen molar-refractivity contribution < 1.29 is 24.1 Å². The van der Waals surface area contributed by atoms with Crippen molar-refractivity contribution in [3.05, 3.63) is 83.2 Å². The molecule has 0 saturated carbocycles. The fraction of sp³-hybridized carbons (Fsp3) is 0.240. The number of alkyl carbamates (subject to hydrolysis) is 1. The van der Waals surface area contributed by atoms with Gasteiger partial charge in [-0.3, -0.25) is 0 Å². The SMILES string of the molecule is Nc1cc(F)cc(C(O)C(O)CCNC(=O)OCC2c3ccccc3-c3ccccc32)c1N. The molecular weight excluding hydrogens is 425 g/mol. The van der Waals surface area contributed by atoms with Gasteiger partial charge in [0, 0.05) is 18.0 Å². The number of hydrogen-bond acceptors (Lipinski definition) is 6. The lowest BCUT2D eigenvalue weighted by molar-refractivity contribution is 0.0139. The molecule has 3 aromatic carbocycles. The van der Waals surface area contributed by atoms with Crippen LogP contribution < -0.4 is 16.8 Å². The van der Waals surface area contributed by atoms with E-state index in [1.807, 2.05) is 36.4 Å². The first-order valence-corrected chi connectivity index (χ1v) is 10.7. The smallest absolute Gasteiger partial charge is 0.407 e. The molecule has 7 N–H and O–H groups in total. The first-order chi connectivity index (χ1) is 15.9. The van der Waals surface area contributed by atoms with E-state index in [-0.39, 0.29) is 42.4 Å². The third kappa shape index (κ3) is 4.62. The second-order valence-corrected chi connectivity index (χ2v) is 8.05. The molecule has 0 aromatic heterocycles. The van der Waals surface area contributed by atoms with E-state index in [0.29, 0.717) is 0 Å². The second kappa shape index (κ2) is 9.48. The lowest BCUT2D eigenvalue weighted by Crippen LogP contribution is -2.31. The molecule has 1 aliphatic carbocycles. The fourth-order valence-corrected chi connectivity index (χ4v) is 4.24. The highest BCUT2D eigenvalue weighted by molar-refractivity contribution is 5.79. The van der Waals surface area contributed by atoms with Gasteiger partial charge in [-0.25, -0.2) is 9.18 Å². The molecule has 4 rings (SSSR count). The number of hydrogen-bond donors (Lipinski definition) is 5. The number of carbonyl (C=O) groups is 1. The number of aliphatic hydroxyl groups is 2. The summed E-state index contributed by atoms with van der Waals surface area (Å²) in [7, 11) is 0. The minimum Gasteiger partial charge on any atom is -0.449 e. The van der Waals surface area contributed by atoms with Crippen molar-refractivity contribution in [3.8, 4) is 11.1 Å². The molecule has 0 heterocycles. The number of carbonyl (C=O) groups excluding carboxylic acids is 1. The lowest BCUT2D eigenvalue weighted by Gasteiger charge is -2.21. The predicted octanol–water partition coefficient (Wildman–Crippen LogP) is 3.31. The van der Waals surface area contributed by atoms with Gasteiger partial charge in [0.15, 0.2) is 0 Å². The summed E-state index contributed by atoms with van der Waals surface area (Å²) in [5, 5.41) is 23.1. The number of ether oxygens (including phenoxy) is 1. The van der Waals surface area contributed by atoms with Gasteiger partial charge >= 0.3 is 6.09 Å². The molecule has 0 bridgehead atoms. The van der Waals surface area contributed by atoms with Gasteiger partial charge in [0.2, 0.25) is 0 Å². The molecule has 0 aliphatic heterocycles. The Morgan fingerprint density at radius 2 is 1.64 bits per heavy atom. The number of amides is 1. The Hall–Kier alpha value is -3.62. The Morgan fingerprint density at radius 1 is 1.03 bits per heavy atom. The molecule has 8 heteroatoms. The highest BCUT2D eigenvalue weighted by Gasteiger charge is 2.29. The summed E-state index contributed by atoms with van der Waals surface area (Å²) in [4.78, 5) is 12.2. The Morgan fingerprint density at radius 3 is 2.27 bits per heavy atom. The number of nitrogen functional groups attached to an aromatic ring is 2. The van der Waals surface area contributed by atoms with Crippen LogP contribution in [-0.4, -0.2) is 35.6 Å². The van der Waals surface area contributed by atoms with Crippen LogP contribution in [0.1, 0.15) is 35.1 Å². The third-order valence-corrected chi connectivity index (χ3v) is 5.95. The number of benzene rings is 3. The molecule has 0 radical (unpaired) electrons. The summed E-state index contributed by atoms with van der Waals surface area (Å²) in [6.07, 6.45) is -3.37. The zero-order valence-corrected chi connectivity index (χ0v) is 17.9. The fourth-order valence-electron chi connectivity index (χ4n) is 4.24. The first-order valence-electron chi connectivity index (χ1n) is 10.7. The average Bonchev–Trinajstić information content (AvgIpc) is 3.13. The van der Waals surface area contributed by atoms with Crippen molar-refractivity contribution in [2.75, 3.05) is 24.6 Å². The van der Waals surface area contributed by atoms with Gasteiger partial charge in [0.1, 0.15) is 18.5 Å². The zero-order chi connectivity index (χ0) is 23.5. The van der Waals surface area contributed by atoms with Crippen molar-refractivity contribution in [1.82, 2.24) is 5.32 Å². The Balaban J connectivity index is 1.30. The molecule has 0 fully saturated rings. The van der Waals surface area contributed by atoms with E-state index in [0.717, 1.165) is 34.4 Å². The van der Waals surface area contributed by atoms with Gasteiger partial charge in [-0.2, -0.15) is 0 Å². The summed E-state index contributed by atoms with van der Waals surface area (Å²) in [5.41, 5.74) is 15.9. The number of rotatable bonds is 7. The van der Waals surface area contributed by atoms with Crippen LogP contribution in [0.15, 0.2) is 60.7 Å². The highest BCUT2D eigenvalue weighted by atomic mass is 19.1. The van der Waals surface area contributed by atoms with Gasteiger partial charge in [-0.15, -0.1) is 0 Å². The first kappa shape index (κ1) is 22.6. The van der Waals surface area contributed by atoms with E-state index >= 15 is 0 Å². The van der Waals surface area contributed by atoms with Crippen LogP contribution >= 0.6 is 0 Å². The normalized spacial score (nSPS) is 14.3. The largest absolute Gasteiger partial charge is 0.449 e. The van der Waals surface area contributed by atoms with Crippen molar-refractivity contribution in [1.29, 1.82) is 0 Å². The molecule has 7 nitrogen and oxygen atoms in total. The number of aliphatic hydroxyl groups excluding tert-OH is 2. The number of fused-ring (bicyclic) bond motifs is 3.